The van der Waals surface area contributed by atoms with Crippen LogP contribution in [0.5, 0.6) is 17.2 Å². The second-order valence-corrected chi connectivity index (χ2v) is 10.8. The number of thiophene rings is 1. The highest BCUT2D eigenvalue weighted by Gasteiger charge is 2.34. The molecule has 0 bridgehead atoms. The van der Waals surface area contributed by atoms with Crippen molar-refractivity contribution in [3.8, 4) is 17.2 Å². The Bertz CT molecular complexity index is 1180. The normalized spacial score (nSPS) is 14.3. The van der Waals surface area contributed by atoms with Gasteiger partial charge in [-0.15, -0.1) is 11.3 Å². The molecule has 1 saturated carbocycles. The van der Waals surface area contributed by atoms with Crippen molar-refractivity contribution < 1.29 is 23.8 Å². The lowest BCUT2D eigenvalue weighted by atomic mass is 9.94. The predicted molar refractivity (Wildman–Crippen MR) is 154 cm³/mol. The van der Waals surface area contributed by atoms with E-state index < -0.39 is 6.04 Å². The third-order valence-electron chi connectivity index (χ3n) is 7.22. The number of amides is 2. The zero-order chi connectivity index (χ0) is 27.6. The fourth-order valence-corrected chi connectivity index (χ4v) is 5.91. The first-order valence-corrected chi connectivity index (χ1v) is 14.4. The summed E-state index contributed by atoms with van der Waals surface area (Å²) < 4.78 is 16.8. The molecular formula is C31H38N2O5S. The van der Waals surface area contributed by atoms with Gasteiger partial charge in [0.1, 0.15) is 6.04 Å². The predicted octanol–water partition coefficient (Wildman–Crippen LogP) is 5.58. The number of methoxy groups -OCH3 is 3. The lowest BCUT2D eigenvalue weighted by Crippen LogP contribution is -2.48. The Morgan fingerprint density at radius 2 is 1.64 bits per heavy atom. The molecule has 1 heterocycles. The standard InChI is InChI=1S/C31H38N2O5S/c1-36-26-19-23(20-27(37-2)30(26)38-3)29(31(35)32-24-13-8-5-9-14-24)33(17-16-22-11-6-4-7-12-22)28(34)21-25-15-10-18-39-25/h4,6-7,10-12,15,18-20,24,29H,5,8-9,13-14,16-17,21H2,1-3H3,(H,32,35)/t29-/m0/s1. The Morgan fingerprint density at radius 3 is 2.23 bits per heavy atom. The van der Waals surface area contributed by atoms with Crippen LogP contribution in [0.2, 0.25) is 0 Å². The van der Waals surface area contributed by atoms with E-state index in [1.807, 2.05) is 47.8 Å². The number of rotatable bonds is 12. The second-order valence-electron chi connectivity index (χ2n) is 9.78. The molecule has 208 valence electrons. The SMILES string of the molecule is COc1cc([C@@H](C(=O)NC2CCCCC2)N(CCc2ccccc2)C(=O)Cc2cccs2)cc(OC)c1OC. The van der Waals surface area contributed by atoms with E-state index in [1.165, 1.54) is 6.42 Å². The number of hydrogen-bond acceptors (Lipinski definition) is 6. The third-order valence-corrected chi connectivity index (χ3v) is 8.10. The number of ether oxygens (including phenoxy) is 3. The van der Waals surface area contributed by atoms with Gasteiger partial charge >= 0.3 is 0 Å². The summed E-state index contributed by atoms with van der Waals surface area (Å²) in [6.45, 7) is 0.383. The molecule has 1 aliphatic rings. The molecular weight excluding hydrogens is 512 g/mol. The van der Waals surface area contributed by atoms with E-state index in [4.69, 9.17) is 14.2 Å². The van der Waals surface area contributed by atoms with Crippen LogP contribution >= 0.6 is 11.3 Å². The van der Waals surface area contributed by atoms with Crippen molar-refractivity contribution in [1.29, 1.82) is 0 Å². The molecule has 3 aromatic rings. The maximum atomic E-state index is 14.1. The average Bonchev–Trinajstić information content (AvgIpc) is 3.48. The molecule has 1 N–H and O–H groups in total. The van der Waals surface area contributed by atoms with E-state index in [2.05, 4.69) is 5.32 Å². The van der Waals surface area contributed by atoms with Gasteiger partial charge in [-0.1, -0.05) is 55.7 Å². The molecule has 4 rings (SSSR count). The van der Waals surface area contributed by atoms with E-state index in [0.29, 0.717) is 35.8 Å². The first-order valence-electron chi connectivity index (χ1n) is 13.5. The van der Waals surface area contributed by atoms with Gasteiger partial charge in [0.15, 0.2) is 11.5 Å². The molecule has 0 saturated heterocycles. The van der Waals surface area contributed by atoms with Gasteiger partial charge < -0.3 is 24.4 Å². The fourth-order valence-electron chi connectivity index (χ4n) is 5.21. The van der Waals surface area contributed by atoms with Crippen LogP contribution in [-0.4, -0.2) is 50.6 Å². The van der Waals surface area contributed by atoms with Crippen LogP contribution in [0, 0.1) is 0 Å². The summed E-state index contributed by atoms with van der Waals surface area (Å²) in [5, 5.41) is 5.23. The summed E-state index contributed by atoms with van der Waals surface area (Å²) in [4.78, 5) is 30.7. The highest BCUT2D eigenvalue weighted by Crippen LogP contribution is 2.41. The molecule has 1 fully saturated rings. The van der Waals surface area contributed by atoms with Gasteiger partial charge in [-0.05, 0) is 54.0 Å². The summed E-state index contributed by atoms with van der Waals surface area (Å²) in [5.74, 6) is 1.03. The van der Waals surface area contributed by atoms with Crippen molar-refractivity contribution in [2.45, 2.75) is 57.0 Å². The molecule has 0 spiro atoms. The Kier molecular flexibility index (Phi) is 10.3. The van der Waals surface area contributed by atoms with Crippen molar-refractivity contribution in [1.82, 2.24) is 10.2 Å². The zero-order valence-corrected chi connectivity index (χ0v) is 23.8. The first kappa shape index (κ1) is 28.5. The van der Waals surface area contributed by atoms with Gasteiger partial charge in [0.2, 0.25) is 17.6 Å². The van der Waals surface area contributed by atoms with Crippen LogP contribution in [0.3, 0.4) is 0 Å². The lowest BCUT2D eigenvalue weighted by Gasteiger charge is -2.34. The van der Waals surface area contributed by atoms with Gasteiger partial charge in [0.25, 0.3) is 0 Å². The number of nitrogens with zero attached hydrogens (tertiary/aromatic N) is 1. The van der Waals surface area contributed by atoms with Crippen molar-refractivity contribution in [2.75, 3.05) is 27.9 Å². The van der Waals surface area contributed by atoms with E-state index >= 15 is 0 Å². The Labute approximate surface area is 235 Å². The minimum Gasteiger partial charge on any atom is -0.493 e. The molecule has 7 nitrogen and oxygen atoms in total. The van der Waals surface area contributed by atoms with Crippen LogP contribution in [-0.2, 0) is 22.4 Å². The smallest absolute Gasteiger partial charge is 0.247 e. The van der Waals surface area contributed by atoms with Crippen molar-refractivity contribution >= 4 is 23.2 Å². The Balaban J connectivity index is 1.75. The summed E-state index contributed by atoms with van der Waals surface area (Å²) in [6.07, 6.45) is 6.11. The number of carbonyl (C=O) groups excluding carboxylic acids is 2. The topological polar surface area (TPSA) is 77.1 Å². The quantitative estimate of drug-likeness (QED) is 0.319. The maximum absolute atomic E-state index is 14.1. The number of nitrogens with one attached hydrogen (secondary N) is 1. The summed E-state index contributed by atoms with van der Waals surface area (Å²) >= 11 is 1.54. The molecule has 0 unspecified atom stereocenters. The van der Waals surface area contributed by atoms with Gasteiger partial charge in [-0.2, -0.15) is 0 Å². The second kappa shape index (κ2) is 14.0. The molecule has 1 aliphatic carbocycles. The van der Waals surface area contributed by atoms with Crippen LogP contribution in [0.1, 0.15) is 54.1 Å². The highest BCUT2D eigenvalue weighted by atomic mass is 32.1. The summed E-state index contributed by atoms with van der Waals surface area (Å²) in [5.41, 5.74) is 1.72. The molecule has 8 heteroatoms. The Morgan fingerprint density at radius 1 is 0.949 bits per heavy atom. The molecule has 0 aliphatic heterocycles. The van der Waals surface area contributed by atoms with Crippen molar-refractivity contribution in [3.05, 3.63) is 76.0 Å². The molecule has 2 aromatic carbocycles. The summed E-state index contributed by atoms with van der Waals surface area (Å²) in [6, 6.07) is 16.7. The minimum atomic E-state index is -0.864. The van der Waals surface area contributed by atoms with E-state index in [9.17, 15) is 9.59 Å². The van der Waals surface area contributed by atoms with E-state index in [0.717, 1.165) is 36.1 Å². The molecule has 39 heavy (non-hydrogen) atoms. The van der Waals surface area contributed by atoms with E-state index in [-0.39, 0.29) is 24.3 Å². The lowest BCUT2D eigenvalue weighted by molar-refractivity contribution is -0.140. The number of benzene rings is 2. The van der Waals surface area contributed by atoms with Gasteiger partial charge in [-0.25, -0.2) is 0 Å². The number of carbonyl (C=O) groups is 2. The van der Waals surface area contributed by atoms with Crippen LogP contribution in [0.15, 0.2) is 60.0 Å². The van der Waals surface area contributed by atoms with Crippen LogP contribution < -0.4 is 19.5 Å². The van der Waals surface area contributed by atoms with Gasteiger partial charge in [0.05, 0.1) is 27.8 Å². The van der Waals surface area contributed by atoms with Gasteiger partial charge in [0, 0.05) is 17.5 Å². The van der Waals surface area contributed by atoms with Crippen molar-refractivity contribution in [2.24, 2.45) is 0 Å². The third kappa shape index (κ3) is 7.32. The monoisotopic (exact) mass is 550 g/mol. The van der Waals surface area contributed by atoms with Crippen LogP contribution in [0.4, 0.5) is 0 Å². The Hall–Kier alpha value is -3.52. The van der Waals surface area contributed by atoms with Crippen molar-refractivity contribution in [3.63, 3.8) is 0 Å². The molecule has 1 atom stereocenters. The highest BCUT2D eigenvalue weighted by molar-refractivity contribution is 7.10. The number of hydrogen-bond donors (Lipinski definition) is 1. The maximum Gasteiger partial charge on any atom is 0.247 e. The largest absolute Gasteiger partial charge is 0.493 e. The van der Waals surface area contributed by atoms with Gasteiger partial charge in [-0.3, -0.25) is 9.59 Å². The molecule has 0 radical (unpaired) electrons. The van der Waals surface area contributed by atoms with E-state index in [1.54, 1.807) is 49.7 Å². The molecule has 1 aromatic heterocycles. The summed E-state index contributed by atoms with van der Waals surface area (Å²) in [7, 11) is 4.64. The molecule has 2 amide bonds. The zero-order valence-electron chi connectivity index (χ0n) is 23.0. The first-order chi connectivity index (χ1) is 19.0. The minimum absolute atomic E-state index is 0.0964. The fraction of sp³-hybridized carbons (Fsp3) is 0.419. The van der Waals surface area contributed by atoms with Crippen LogP contribution in [0.25, 0.3) is 0 Å². The average molecular weight is 551 g/mol.